The minimum atomic E-state index is -0.446. The Morgan fingerprint density at radius 2 is 1.59 bits per heavy atom. The number of quaternary nitrogens is 1. The lowest BCUT2D eigenvalue weighted by atomic mass is 10.2. The number of carbonyl (C=O) groups excluding carboxylic acids is 2. The molecule has 0 aromatic heterocycles. The second-order valence-electron chi connectivity index (χ2n) is 6.86. The zero-order valence-electron chi connectivity index (χ0n) is 15.7. The van der Waals surface area contributed by atoms with Gasteiger partial charge in [0, 0.05) is 12.2 Å². The summed E-state index contributed by atoms with van der Waals surface area (Å²) in [6.07, 6.45) is 0. The standard InChI is InChI=1S/C21H26N4O2/c1-17(20(26)23-21(27)22-16-18-8-4-2-5-9-18)24-12-14-25(15-13-24)19-10-6-3-7-11-19/h2-11,17H,12-16H2,1H3,(H2,22,23,26,27)/p+1/t17-/m1/s1. The van der Waals surface area contributed by atoms with Crippen LogP contribution in [-0.4, -0.2) is 44.2 Å². The van der Waals surface area contributed by atoms with Crippen molar-refractivity contribution in [2.24, 2.45) is 0 Å². The van der Waals surface area contributed by atoms with E-state index in [1.165, 1.54) is 10.6 Å². The van der Waals surface area contributed by atoms with Crippen LogP contribution in [0, 0.1) is 0 Å². The fourth-order valence-corrected chi connectivity index (χ4v) is 3.35. The van der Waals surface area contributed by atoms with Crippen LogP contribution in [0.25, 0.3) is 0 Å². The number of anilines is 1. The Labute approximate surface area is 160 Å². The predicted molar refractivity (Wildman–Crippen MR) is 106 cm³/mol. The van der Waals surface area contributed by atoms with Gasteiger partial charge in [0.05, 0.1) is 26.2 Å². The van der Waals surface area contributed by atoms with E-state index in [1.807, 2.05) is 55.5 Å². The first kappa shape index (κ1) is 18.9. The van der Waals surface area contributed by atoms with Crippen molar-refractivity contribution in [3.05, 3.63) is 66.2 Å². The molecule has 0 spiro atoms. The third-order valence-electron chi connectivity index (χ3n) is 5.07. The monoisotopic (exact) mass is 367 g/mol. The number of imide groups is 1. The Bertz CT molecular complexity index is 743. The SMILES string of the molecule is C[C@H](C(=O)NC(=O)NCc1ccccc1)[NH+]1CCN(c2ccccc2)CC1. The average Bonchev–Trinajstić information content (AvgIpc) is 2.73. The van der Waals surface area contributed by atoms with Gasteiger partial charge < -0.3 is 15.1 Å². The second kappa shape index (κ2) is 9.19. The van der Waals surface area contributed by atoms with Crippen LogP contribution in [0.1, 0.15) is 12.5 Å². The van der Waals surface area contributed by atoms with Crippen molar-refractivity contribution in [2.75, 3.05) is 31.1 Å². The molecule has 1 fully saturated rings. The molecule has 0 radical (unpaired) electrons. The number of nitrogens with one attached hydrogen (secondary N) is 3. The Hall–Kier alpha value is -2.86. The van der Waals surface area contributed by atoms with Crippen molar-refractivity contribution in [1.29, 1.82) is 0 Å². The van der Waals surface area contributed by atoms with Gasteiger partial charge in [-0.05, 0) is 24.6 Å². The topological polar surface area (TPSA) is 65.9 Å². The summed E-state index contributed by atoms with van der Waals surface area (Å²) >= 11 is 0. The molecule has 142 valence electrons. The first-order valence-electron chi connectivity index (χ1n) is 9.40. The molecule has 1 saturated heterocycles. The highest BCUT2D eigenvalue weighted by atomic mass is 16.2. The number of rotatable bonds is 5. The maximum atomic E-state index is 12.4. The number of urea groups is 1. The predicted octanol–water partition coefficient (Wildman–Crippen LogP) is 0.806. The van der Waals surface area contributed by atoms with Crippen LogP contribution in [0.4, 0.5) is 10.5 Å². The normalized spacial score (nSPS) is 15.8. The number of nitrogens with zero attached hydrogens (tertiary/aromatic N) is 1. The number of piperazine rings is 1. The summed E-state index contributed by atoms with van der Waals surface area (Å²) in [5.41, 5.74) is 2.21. The smallest absolute Gasteiger partial charge is 0.321 e. The van der Waals surface area contributed by atoms with Gasteiger partial charge in [0.1, 0.15) is 0 Å². The number of hydrogen-bond donors (Lipinski definition) is 3. The quantitative estimate of drug-likeness (QED) is 0.733. The van der Waals surface area contributed by atoms with Gasteiger partial charge >= 0.3 is 6.03 Å². The Kier molecular flexibility index (Phi) is 6.44. The average molecular weight is 367 g/mol. The Balaban J connectivity index is 1.43. The molecule has 2 aromatic carbocycles. The molecular weight excluding hydrogens is 340 g/mol. The number of hydrogen-bond acceptors (Lipinski definition) is 3. The van der Waals surface area contributed by atoms with Crippen LogP contribution in [-0.2, 0) is 11.3 Å². The number of carbonyl (C=O) groups is 2. The highest BCUT2D eigenvalue weighted by Crippen LogP contribution is 2.12. The van der Waals surface area contributed by atoms with Gasteiger partial charge in [0.15, 0.2) is 6.04 Å². The minimum Gasteiger partial charge on any atom is -0.360 e. The zero-order valence-corrected chi connectivity index (χ0v) is 15.7. The van der Waals surface area contributed by atoms with Crippen LogP contribution in [0.2, 0.25) is 0 Å². The lowest BCUT2D eigenvalue weighted by Crippen LogP contribution is -3.19. The molecule has 6 nitrogen and oxygen atoms in total. The van der Waals surface area contributed by atoms with Gasteiger partial charge in [-0.3, -0.25) is 10.1 Å². The van der Waals surface area contributed by atoms with Crippen LogP contribution < -0.4 is 20.4 Å². The molecule has 0 unspecified atom stereocenters. The highest BCUT2D eigenvalue weighted by molar-refractivity contribution is 5.96. The van der Waals surface area contributed by atoms with Crippen molar-refractivity contribution < 1.29 is 14.5 Å². The molecule has 2 aromatic rings. The van der Waals surface area contributed by atoms with Gasteiger partial charge in [-0.1, -0.05) is 48.5 Å². The summed E-state index contributed by atoms with van der Waals surface area (Å²) in [4.78, 5) is 27.9. The molecule has 1 heterocycles. The summed E-state index contributed by atoms with van der Waals surface area (Å²) in [6.45, 7) is 5.82. The molecule has 1 atom stereocenters. The number of para-hydroxylation sites is 1. The zero-order chi connectivity index (χ0) is 19.1. The summed E-state index contributed by atoms with van der Waals surface area (Å²) in [5, 5.41) is 5.19. The molecule has 1 aliphatic heterocycles. The first-order chi connectivity index (χ1) is 13.1. The maximum Gasteiger partial charge on any atom is 0.321 e. The summed E-state index contributed by atoms with van der Waals surface area (Å²) in [6, 6.07) is 19.2. The van der Waals surface area contributed by atoms with E-state index in [9.17, 15) is 9.59 Å². The second-order valence-corrected chi connectivity index (χ2v) is 6.86. The molecule has 0 saturated carbocycles. The van der Waals surface area contributed by atoms with Crippen molar-refractivity contribution in [1.82, 2.24) is 10.6 Å². The Morgan fingerprint density at radius 3 is 2.22 bits per heavy atom. The molecule has 0 aliphatic carbocycles. The van der Waals surface area contributed by atoms with Gasteiger partial charge in [-0.15, -0.1) is 0 Å². The van der Waals surface area contributed by atoms with E-state index in [0.717, 1.165) is 31.7 Å². The fraction of sp³-hybridized carbons (Fsp3) is 0.333. The van der Waals surface area contributed by atoms with Crippen molar-refractivity contribution in [3.8, 4) is 0 Å². The molecule has 6 heteroatoms. The lowest BCUT2D eigenvalue weighted by molar-refractivity contribution is -0.914. The van der Waals surface area contributed by atoms with E-state index in [1.54, 1.807) is 0 Å². The third kappa shape index (κ3) is 5.31. The molecular formula is C21H27N4O2+. The summed E-state index contributed by atoms with van der Waals surface area (Å²) in [5.74, 6) is -0.233. The van der Waals surface area contributed by atoms with Crippen LogP contribution in [0.5, 0.6) is 0 Å². The van der Waals surface area contributed by atoms with Crippen molar-refractivity contribution >= 4 is 17.6 Å². The van der Waals surface area contributed by atoms with Crippen LogP contribution in [0.3, 0.4) is 0 Å². The van der Waals surface area contributed by atoms with Gasteiger partial charge in [0.2, 0.25) is 0 Å². The fourth-order valence-electron chi connectivity index (χ4n) is 3.35. The van der Waals surface area contributed by atoms with E-state index in [-0.39, 0.29) is 11.9 Å². The Morgan fingerprint density at radius 1 is 1.00 bits per heavy atom. The minimum absolute atomic E-state index is 0.233. The largest absolute Gasteiger partial charge is 0.360 e. The third-order valence-corrected chi connectivity index (χ3v) is 5.07. The van der Waals surface area contributed by atoms with E-state index >= 15 is 0 Å². The van der Waals surface area contributed by atoms with Crippen molar-refractivity contribution in [2.45, 2.75) is 19.5 Å². The lowest BCUT2D eigenvalue weighted by Gasteiger charge is -2.35. The maximum absolute atomic E-state index is 12.4. The first-order valence-corrected chi connectivity index (χ1v) is 9.40. The van der Waals surface area contributed by atoms with Crippen LogP contribution in [0.15, 0.2) is 60.7 Å². The van der Waals surface area contributed by atoms with E-state index < -0.39 is 6.03 Å². The molecule has 27 heavy (non-hydrogen) atoms. The van der Waals surface area contributed by atoms with E-state index in [2.05, 4.69) is 27.7 Å². The van der Waals surface area contributed by atoms with E-state index in [4.69, 9.17) is 0 Å². The van der Waals surface area contributed by atoms with Gasteiger partial charge in [0.25, 0.3) is 5.91 Å². The number of benzene rings is 2. The van der Waals surface area contributed by atoms with E-state index in [0.29, 0.717) is 6.54 Å². The number of amides is 3. The van der Waals surface area contributed by atoms with Gasteiger partial charge in [-0.2, -0.15) is 0 Å². The molecule has 3 amide bonds. The highest BCUT2D eigenvalue weighted by Gasteiger charge is 2.30. The van der Waals surface area contributed by atoms with Crippen LogP contribution >= 0.6 is 0 Å². The van der Waals surface area contributed by atoms with Gasteiger partial charge in [-0.25, -0.2) is 4.79 Å². The summed E-state index contributed by atoms with van der Waals surface area (Å²) in [7, 11) is 0. The van der Waals surface area contributed by atoms with Crippen molar-refractivity contribution in [3.63, 3.8) is 0 Å². The molecule has 3 N–H and O–H groups in total. The molecule has 3 rings (SSSR count). The summed E-state index contributed by atoms with van der Waals surface area (Å²) < 4.78 is 0. The molecule has 1 aliphatic rings. The molecule has 0 bridgehead atoms.